The largest absolute Gasteiger partial charge is 0.339 e. The van der Waals surface area contributed by atoms with Gasteiger partial charge in [0.1, 0.15) is 0 Å². The van der Waals surface area contributed by atoms with Crippen LogP contribution < -0.4 is 0 Å². The van der Waals surface area contributed by atoms with Crippen molar-refractivity contribution in [3.05, 3.63) is 17.5 Å². The van der Waals surface area contributed by atoms with E-state index in [1.165, 1.54) is 0 Å². The number of hydrogen-bond donors (Lipinski definition) is 1. The highest BCUT2D eigenvalue weighted by atomic mass is 35.5. The molecular weight excluding hydrogens is 238 g/mol. The number of carbonyl (C=O) groups is 1. The average molecular weight is 256 g/mol. The van der Waals surface area contributed by atoms with Gasteiger partial charge in [-0.15, -0.1) is 11.6 Å². The van der Waals surface area contributed by atoms with Gasteiger partial charge in [0.25, 0.3) is 0 Å². The van der Waals surface area contributed by atoms with E-state index in [1.807, 2.05) is 17.9 Å². The number of nitrogens with one attached hydrogen (secondary N) is 1. The zero-order valence-corrected chi connectivity index (χ0v) is 11.0. The van der Waals surface area contributed by atoms with Crippen LogP contribution in [0.1, 0.15) is 24.7 Å². The summed E-state index contributed by atoms with van der Waals surface area (Å²) in [6.07, 6.45) is 1.39. The van der Waals surface area contributed by atoms with Gasteiger partial charge in [0.2, 0.25) is 5.91 Å². The van der Waals surface area contributed by atoms with Crippen molar-refractivity contribution in [2.24, 2.45) is 5.92 Å². The Bertz CT molecular complexity index is 404. The van der Waals surface area contributed by atoms with E-state index in [1.54, 1.807) is 0 Å². The second-order valence-corrected chi connectivity index (χ2v) is 5.17. The second kappa shape index (κ2) is 5.08. The van der Waals surface area contributed by atoms with E-state index in [9.17, 15) is 4.79 Å². The monoisotopic (exact) mass is 255 g/mol. The van der Waals surface area contributed by atoms with E-state index >= 15 is 0 Å². The molecule has 4 nitrogen and oxygen atoms in total. The zero-order chi connectivity index (χ0) is 12.4. The molecule has 0 aromatic carbocycles. The predicted octanol–water partition coefficient (Wildman–Crippen LogP) is 1.74. The highest BCUT2D eigenvalue weighted by Crippen LogP contribution is 2.22. The molecule has 2 rings (SSSR count). The predicted molar refractivity (Wildman–Crippen MR) is 67.0 cm³/mol. The molecule has 1 aromatic rings. The number of aromatic nitrogens is 2. The topological polar surface area (TPSA) is 49.0 Å². The first kappa shape index (κ1) is 12.4. The van der Waals surface area contributed by atoms with Crippen molar-refractivity contribution >= 4 is 17.5 Å². The van der Waals surface area contributed by atoms with Crippen LogP contribution in [0.25, 0.3) is 0 Å². The number of hydrogen-bond acceptors (Lipinski definition) is 2. The lowest BCUT2D eigenvalue weighted by atomic mass is 10.1. The summed E-state index contributed by atoms with van der Waals surface area (Å²) in [5.41, 5.74) is 2.07. The Morgan fingerprint density at radius 3 is 3.00 bits per heavy atom. The molecular formula is C12H18ClN3O. The Morgan fingerprint density at radius 2 is 2.47 bits per heavy atom. The molecule has 1 aliphatic rings. The van der Waals surface area contributed by atoms with E-state index in [2.05, 4.69) is 17.1 Å². The lowest BCUT2D eigenvalue weighted by molar-refractivity contribution is -0.129. The van der Waals surface area contributed by atoms with E-state index in [-0.39, 0.29) is 11.9 Å². The van der Waals surface area contributed by atoms with Crippen molar-refractivity contribution in [2.45, 2.75) is 32.7 Å². The number of H-pyrrole nitrogens is 1. The quantitative estimate of drug-likeness (QED) is 0.833. The lowest BCUT2D eigenvalue weighted by Gasteiger charge is -2.24. The molecule has 1 amide bonds. The summed E-state index contributed by atoms with van der Waals surface area (Å²) >= 11 is 5.81. The third-order valence-corrected chi connectivity index (χ3v) is 3.69. The Morgan fingerprint density at radius 1 is 1.71 bits per heavy atom. The molecule has 2 heterocycles. The van der Waals surface area contributed by atoms with Crippen LogP contribution in [0.5, 0.6) is 0 Å². The number of carbonyl (C=O) groups excluding carboxylic acids is 1. The van der Waals surface area contributed by atoms with Gasteiger partial charge in [0, 0.05) is 37.0 Å². The van der Waals surface area contributed by atoms with Gasteiger partial charge in [-0.05, 0) is 25.8 Å². The Labute approximate surface area is 106 Å². The second-order valence-electron chi connectivity index (χ2n) is 4.87. The van der Waals surface area contributed by atoms with E-state index in [4.69, 9.17) is 11.6 Å². The van der Waals surface area contributed by atoms with Gasteiger partial charge in [-0.2, -0.15) is 5.10 Å². The number of likely N-dealkylation sites (tertiary alicyclic amines) is 1. The lowest BCUT2D eigenvalue weighted by Crippen LogP contribution is -2.36. The first-order chi connectivity index (χ1) is 8.10. The molecule has 17 heavy (non-hydrogen) atoms. The molecule has 0 radical (unpaired) electrons. The van der Waals surface area contributed by atoms with Crippen LogP contribution >= 0.6 is 11.6 Å². The van der Waals surface area contributed by atoms with Gasteiger partial charge in [-0.3, -0.25) is 9.89 Å². The van der Waals surface area contributed by atoms with Crippen molar-refractivity contribution < 1.29 is 4.79 Å². The van der Waals surface area contributed by atoms with Gasteiger partial charge < -0.3 is 4.90 Å². The van der Waals surface area contributed by atoms with E-state index in [0.717, 1.165) is 24.4 Å². The summed E-state index contributed by atoms with van der Waals surface area (Å²) in [6, 6.07) is 2.22. The Balaban J connectivity index is 1.96. The molecule has 0 spiro atoms. The summed E-state index contributed by atoms with van der Waals surface area (Å²) in [5.74, 6) is 1.10. The van der Waals surface area contributed by atoms with E-state index in [0.29, 0.717) is 18.2 Å². The summed E-state index contributed by atoms with van der Waals surface area (Å²) in [4.78, 5) is 13.7. The number of aromatic amines is 1. The number of rotatable bonds is 4. The molecule has 1 N–H and O–H groups in total. The molecule has 1 saturated heterocycles. The summed E-state index contributed by atoms with van der Waals surface area (Å²) in [5, 5.41) is 7.12. The minimum Gasteiger partial charge on any atom is -0.339 e. The molecule has 0 bridgehead atoms. The molecule has 0 aliphatic carbocycles. The SMILES string of the molecule is Cc1cc(CC(C)N2CC(CCl)CC2=O)n[nH]1. The molecule has 2 atom stereocenters. The molecule has 1 aromatic heterocycles. The summed E-state index contributed by atoms with van der Waals surface area (Å²) in [6.45, 7) is 4.83. The zero-order valence-electron chi connectivity index (χ0n) is 10.2. The molecule has 1 fully saturated rings. The van der Waals surface area contributed by atoms with Gasteiger partial charge in [0.15, 0.2) is 0 Å². The van der Waals surface area contributed by atoms with Crippen LogP contribution in [0.2, 0.25) is 0 Å². The Kier molecular flexibility index (Phi) is 3.72. The first-order valence-corrected chi connectivity index (χ1v) is 6.50. The maximum absolute atomic E-state index is 11.8. The Hall–Kier alpha value is -1.03. The molecule has 2 unspecified atom stereocenters. The first-order valence-electron chi connectivity index (χ1n) is 5.96. The van der Waals surface area contributed by atoms with Gasteiger partial charge in [-0.25, -0.2) is 0 Å². The smallest absolute Gasteiger partial charge is 0.223 e. The van der Waals surface area contributed by atoms with Crippen molar-refractivity contribution in [1.29, 1.82) is 0 Å². The number of amides is 1. The highest BCUT2D eigenvalue weighted by molar-refractivity contribution is 6.18. The van der Waals surface area contributed by atoms with Crippen molar-refractivity contribution in [1.82, 2.24) is 15.1 Å². The van der Waals surface area contributed by atoms with Crippen molar-refractivity contribution in [3.8, 4) is 0 Å². The molecule has 1 aliphatic heterocycles. The van der Waals surface area contributed by atoms with Gasteiger partial charge in [0.05, 0.1) is 5.69 Å². The maximum Gasteiger partial charge on any atom is 0.223 e. The molecule has 5 heteroatoms. The van der Waals surface area contributed by atoms with Crippen LogP contribution in [-0.2, 0) is 11.2 Å². The summed E-state index contributed by atoms with van der Waals surface area (Å²) < 4.78 is 0. The molecule has 94 valence electrons. The minimum atomic E-state index is 0.193. The molecule has 0 saturated carbocycles. The van der Waals surface area contributed by atoms with Crippen LogP contribution in [0.3, 0.4) is 0 Å². The fourth-order valence-corrected chi connectivity index (χ4v) is 2.54. The van der Waals surface area contributed by atoms with Crippen LogP contribution in [-0.4, -0.2) is 39.5 Å². The van der Waals surface area contributed by atoms with Crippen LogP contribution in [0.15, 0.2) is 6.07 Å². The van der Waals surface area contributed by atoms with Crippen LogP contribution in [0.4, 0.5) is 0 Å². The van der Waals surface area contributed by atoms with E-state index < -0.39 is 0 Å². The van der Waals surface area contributed by atoms with Gasteiger partial charge >= 0.3 is 0 Å². The number of aryl methyl sites for hydroxylation is 1. The standard InChI is InChI=1S/C12H18ClN3O/c1-8-3-11(15-14-8)4-9(2)16-7-10(6-13)5-12(16)17/h3,9-10H,4-7H2,1-2H3,(H,14,15). The average Bonchev–Trinajstić information content (AvgIpc) is 2.85. The highest BCUT2D eigenvalue weighted by Gasteiger charge is 2.32. The fraction of sp³-hybridized carbons (Fsp3) is 0.667. The number of alkyl halides is 1. The maximum atomic E-state index is 11.8. The van der Waals surface area contributed by atoms with Crippen molar-refractivity contribution in [3.63, 3.8) is 0 Å². The van der Waals surface area contributed by atoms with Crippen LogP contribution in [0, 0.1) is 12.8 Å². The van der Waals surface area contributed by atoms with Crippen molar-refractivity contribution in [2.75, 3.05) is 12.4 Å². The minimum absolute atomic E-state index is 0.193. The normalized spacial score (nSPS) is 22.2. The third kappa shape index (κ3) is 2.80. The number of halogens is 1. The fourth-order valence-electron chi connectivity index (χ4n) is 2.33. The van der Waals surface area contributed by atoms with Gasteiger partial charge in [-0.1, -0.05) is 0 Å². The summed E-state index contributed by atoms with van der Waals surface area (Å²) in [7, 11) is 0. The third-order valence-electron chi connectivity index (χ3n) is 3.25. The number of nitrogens with zero attached hydrogens (tertiary/aromatic N) is 2.